The first kappa shape index (κ1) is 20.8. The van der Waals surface area contributed by atoms with E-state index in [4.69, 9.17) is 16.3 Å². The summed E-state index contributed by atoms with van der Waals surface area (Å²) < 4.78 is 5.71. The number of nitrogens with zero attached hydrogens (tertiary/aromatic N) is 1. The van der Waals surface area contributed by atoms with Crippen molar-refractivity contribution in [3.8, 4) is 5.75 Å². The van der Waals surface area contributed by atoms with Crippen LogP contribution < -0.4 is 10.1 Å². The van der Waals surface area contributed by atoms with Crippen LogP contribution in [0.1, 0.15) is 26.3 Å². The lowest BCUT2D eigenvalue weighted by Crippen LogP contribution is -2.38. The molecule has 144 valence electrons. The Morgan fingerprint density at radius 1 is 1.11 bits per heavy atom. The van der Waals surface area contributed by atoms with Gasteiger partial charge in [0, 0.05) is 18.5 Å². The van der Waals surface area contributed by atoms with E-state index < -0.39 is 0 Å². The second-order valence-electron chi connectivity index (χ2n) is 6.53. The van der Waals surface area contributed by atoms with Crippen molar-refractivity contribution in [1.29, 1.82) is 0 Å². The first-order chi connectivity index (χ1) is 12.8. The summed E-state index contributed by atoms with van der Waals surface area (Å²) in [7, 11) is 0. The van der Waals surface area contributed by atoms with Crippen LogP contribution in [0, 0.1) is 0 Å². The normalized spacial score (nSPS) is 10.6. The highest BCUT2D eigenvalue weighted by atomic mass is 35.5. The molecule has 2 rings (SSSR count). The van der Waals surface area contributed by atoms with Gasteiger partial charge in [0.1, 0.15) is 5.75 Å². The first-order valence-electron chi connectivity index (χ1n) is 8.90. The van der Waals surface area contributed by atoms with Crippen molar-refractivity contribution in [3.05, 3.63) is 59.1 Å². The van der Waals surface area contributed by atoms with E-state index in [-0.39, 0.29) is 24.5 Å². The Hall–Kier alpha value is -2.53. The average Bonchev–Trinajstić information content (AvgIpc) is 2.61. The van der Waals surface area contributed by atoms with E-state index in [1.54, 1.807) is 12.1 Å². The summed E-state index contributed by atoms with van der Waals surface area (Å²) in [5.74, 6) is 0.198. The zero-order valence-electron chi connectivity index (χ0n) is 15.9. The smallest absolute Gasteiger partial charge is 0.244 e. The third-order valence-electron chi connectivity index (χ3n) is 3.89. The molecule has 27 heavy (non-hydrogen) atoms. The molecule has 0 aromatic heterocycles. The summed E-state index contributed by atoms with van der Waals surface area (Å²) >= 11 is 5.89. The van der Waals surface area contributed by atoms with Gasteiger partial charge >= 0.3 is 0 Å². The number of anilines is 1. The molecule has 0 aliphatic carbocycles. The molecule has 0 bridgehead atoms. The minimum Gasteiger partial charge on any atom is -0.489 e. The van der Waals surface area contributed by atoms with E-state index in [0.29, 0.717) is 29.4 Å². The van der Waals surface area contributed by atoms with Gasteiger partial charge < -0.3 is 15.0 Å². The highest BCUT2D eigenvalue weighted by Crippen LogP contribution is 2.24. The predicted octanol–water partition coefficient (Wildman–Crippen LogP) is 4.16. The molecule has 0 atom stereocenters. The van der Waals surface area contributed by atoms with Crippen LogP contribution in [0.4, 0.5) is 5.69 Å². The number of ether oxygens (including phenoxy) is 1. The molecule has 0 fully saturated rings. The zero-order chi connectivity index (χ0) is 19.8. The molecular weight excluding hydrogens is 364 g/mol. The molecule has 0 saturated carbocycles. The molecule has 0 aliphatic heterocycles. The van der Waals surface area contributed by atoms with Crippen LogP contribution in [0.5, 0.6) is 5.75 Å². The van der Waals surface area contributed by atoms with Crippen LogP contribution in [-0.2, 0) is 16.0 Å². The van der Waals surface area contributed by atoms with Gasteiger partial charge in [0.05, 0.1) is 18.3 Å². The van der Waals surface area contributed by atoms with Crippen molar-refractivity contribution in [1.82, 2.24) is 4.90 Å². The number of amides is 2. The summed E-state index contributed by atoms with van der Waals surface area (Å²) in [5, 5.41) is 3.50. The SMILES string of the molecule is CC(=O)N(CCc1ccc(Cl)cc1)CC(=O)Nc1ccccc1OC(C)C. The standard InChI is InChI=1S/C21H25ClN2O3/c1-15(2)27-20-7-5-4-6-19(20)23-21(26)14-24(16(3)25)13-12-17-8-10-18(22)11-9-17/h4-11,15H,12-14H2,1-3H3,(H,23,26). The number of carbonyl (C=O) groups excluding carboxylic acids is 2. The number of carbonyl (C=O) groups is 2. The Labute approximate surface area is 165 Å². The predicted molar refractivity (Wildman–Crippen MR) is 108 cm³/mol. The monoisotopic (exact) mass is 388 g/mol. The van der Waals surface area contributed by atoms with Crippen molar-refractivity contribution >= 4 is 29.1 Å². The molecular formula is C21H25ClN2O3. The van der Waals surface area contributed by atoms with Gasteiger partial charge in [-0.25, -0.2) is 0 Å². The van der Waals surface area contributed by atoms with Crippen molar-refractivity contribution in [2.75, 3.05) is 18.4 Å². The maximum absolute atomic E-state index is 12.4. The summed E-state index contributed by atoms with van der Waals surface area (Å²) in [4.78, 5) is 25.9. The zero-order valence-corrected chi connectivity index (χ0v) is 16.6. The molecule has 0 heterocycles. The van der Waals surface area contributed by atoms with E-state index in [2.05, 4.69) is 5.32 Å². The third kappa shape index (κ3) is 6.94. The Morgan fingerprint density at radius 3 is 2.41 bits per heavy atom. The lowest BCUT2D eigenvalue weighted by molar-refractivity contribution is -0.132. The summed E-state index contributed by atoms with van der Waals surface area (Å²) in [6, 6.07) is 14.7. The molecule has 6 heteroatoms. The molecule has 2 amide bonds. The van der Waals surface area contributed by atoms with Crippen LogP contribution in [-0.4, -0.2) is 35.9 Å². The van der Waals surface area contributed by atoms with Crippen LogP contribution in [0.2, 0.25) is 5.02 Å². The number of hydrogen-bond donors (Lipinski definition) is 1. The number of hydrogen-bond acceptors (Lipinski definition) is 3. The second kappa shape index (κ2) is 9.97. The highest BCUT2D eigenvalue weighted by molar-refractivity contribution is 6.30. The molecule has 5 nitrogen and oxygen atoms in total. The fourth-order valence-electron chi connectivity index (χ4n) is 2.55. The topological polar surface area (TPSA) is 58.6 Å². The van der Waals surface area contributed by atoms with Crippen LogP contribution in [0.3, 0.4) is 0 Å². The molecule has 0 radical (unpaired) electrons. The molecule has 2 aromatic rings. The van der Waals surface area contributed by atoms with Gasteiger partial charge in [-0.05, 0) is 50.1 Å². The lowest BCUT2D eigenvalue weighted by atomic mass is 10.1. The van der Waals surface area contributed by atoms with Gasteiger partial charge in [0.25, 0.3) is 0 Å². The molecule has 0 aliphatic rings. The number of halogens is 1. The molecule has 2 aromatic carbocycles. The number of benzene rings is 2. The van der Waals surface area contributed by atoms with E-state index in [1.165, 1.54) is 11.8 Å². The highest BCUT2D eigenvalue weighted by Gasteiger charge is 2.15. The van der Waals surface area contributed by atoms with Gasteiger partial charge in [0.2, 0.25) is 11.8 Å². The minimum absolute atomic E-state index is 0.00357. The number of rotatable bonds is 8. The maximum Gasteiger partial charge on any atom is 0.244 e. The minimum atomic E-state index is -0.263. The van der Waals surface area contributed by atoms with Gasteiger partial charge in [-0.1, -0.05) is 35.9 Å². The van der Waals surface area contributed by atoms with Crippen molar-refractivity contribution < 1.29 is 14.3 Å². The van der Waals surface area contributed by atoms with Crippen LogP contribution in [0.25, 0.3) is 0 Å². The largest absolute Gasteiger partial charge is 0.489 e. The number of para-hydroxylation sites is 2. The fourth-order valence-corrected chi connectivity index (χ4v) is 2.68. The Morgan fingerprint density at radius 2 is 1.78 bits per heavy atom. The van der Waals surface area contributed by atoms with Crippen molar-refractivity contribution in [2.24, 2.45) is 0 Å². The molecule has 0 saturated heterocycles. The maximum atomic E-state index is 12.4. The lowest BCUT2D eigenvalue weighted by Gasteiger charge is -2.21. The van der Waals surface area contributed by atoms with Crippen LogP contribution in [0.15, 0.2) is 48.5 Å². The van der Waals surface area contributed by atoms with E-state index in [1.807, 2.05) is 50.2 Å². The summed E-state index contributed by atoms with van der Waals surface area (Å²) in [6.45, 7) is 5.75. The van der Waals surface area contributed by atoms with Crippen LogP contribution >= 0.6 is 11.6 Å². The van der Waals surface area contributed by atoms with Gasteiger partial charge in [-0.2, -0.15) is 0 Å². The quantitative estimate of drug-likeness (QED) is 0.738. The van der Waals surface area contributed by atoms with Gasteiger partial charge in [0.15, 0.2) is 0 Å². The second-order valence-corrected chi connectivity index (χ2v) is 6.96. The number of nitrogens with one attached hydrogen (secondary N) is 1. The first-order valence-corrected chi connectivity index (χ1v) is 9.28. The third-order valence-corrected chi connectivity index (χ3v) is 4.14. The average molecular weight is 389 g/mol. The Balaban J connectivity index is 1.97. The molecule has 0 unspecified atom stereocenters. The summed E-state index contributed by atoms with van der Waals surface area (Å²) in [6.07, 6.45) is 0.646. The van der Waals surface area contributed by atoms with E-state index >= 15 is 0 Å². The Kier molecular flexibility index (Phi) is 7.67. The summed E-state index contributed by atoms with van der Waals surface area (Å²) in [5.41, 5.74) is 1.65. The van der Waals surface area contributed by atoms with Gasteiger partial charge in [-0.15, -0.1) is 0 Å². The molecule has 0 spiro atoms. The molecule has 1 N–H and O–H groups in total. The van der Waals surface area contributed by atoms with Crippen molar-refractivity contribution in [3.63, 3.8) is 0 Å². The van der Waals surface area contributed by atoms with E-state index in [0.717, 1.165) is 5.56 Å². The Bertz CT molecular complexity index is 775. The van der Waals surface area contributed by atoms with Gasteiger partial charge in [-0.3, -0.25) is 9.59 Å². The van der Waals surface area contributed by atoms with E-state index in [9.17, 15) is 9.59 Å². The van der Waals surface area contributed by atoms with Crippen molar-refractivity contribution in [2.45, 2.75) is 33.3 Å². The fraction of sp³-hybridized carbons (Fsp3) is 0.333.